The molecule has 0 saturated carbocycles. The Morgan fingerprint density at radius 1 is 0.750 bits per heavy atom. The van der Waals surface area contributed by atoms with E-state index in [9.17, 15) is 0 Å². The first kappa shape index (κ1) is 17.7. The number of nitrogens with zero attached hydrogens (tertiary/aromatic N) is 2. The number of rotatable bonds is 3. The summed E-state index contributed by atoms with van der Waals surface area (Å²) < 4.78 is 0. The second-order valence-electron chi connectivity index (χ2n) is 6.97. The number of aromatic nitrogens is 1. The highest BCUT2D eigenvalue weighted by Gasteiger charge is 2.10. The van der Waals surface area contributed by atoms with Crippen molar-refractivity contribution >= 4 is 22.5 Å². The van der Waals surface area contributed by atoms with Gasteiger partial charge in [-0.25, -0.2) is 4.98 Å². The summed E-state index contributed by atoms with van der Waals surface area (Å²) in [5, 5.41) is 2.01. The topological polar surface area (TPSA) is 77.3 Å². The predicted octanol–water partition coefficient (Wildman–Crippen LogP) is 5.09. The van der Waals surface area contributed by atoms with Crippen molar-refractivity contribution in [3.8, 4) is 22.4 Å². The molecule has 0 fully saturated rings. The van der Waals surface area contributed by atoms with Gasteiger partial charge in [0.1, 0.15) is 0 Å². The van der Waals surface area contributed by atoms with Crippen LogP contribution in [0.25, 0.3) is 33.2 Å². The van der Waals surface area contributed by atoms with Crippen LogP contribution in [0.3, 0.4) is 0 Å². The van der Waals surface area contributed by atoms with E-state index in [1.54, 1.807) is 0 Å². The molecule has 0 aliphatic carbocycles. The summed E-state index contributed by atoms with van der Waals surface area (Å²) in [4.78, 5) is 9.06. The van der Waals surface area contributed by atoms with E-state index in [1.807, 2.05) is 24.3 Å². The fourth-order valence-corrected chi connectivity index (χ4v) is 3.35. The molecule has 0 aliphatic heterocycles. The SMILES string of the molecule is Cc1cc2cc(-c3cccc(-c4ccccc4)c3)nc(N=C(N)N)c2cc1C. The summed E-state index contributed by atoms with van der Waals surface area (Å²) >= 11 is 0. The van der Waals surface area contributed by atoms with Crippen LogP contribution in [0.5, 0.6) is 0 Å². The monoisotopic (exact) mass is 366 g/mol. The van der Waals surface area contributed by atoms with Gasteiger partial charge in [0.25, 0.3) is 0 Å². The summed E-state index contributed by atoms with van der Waals surface area (Å²) in [6, 6.07) is 25.0. The molecule has 1 heterocycles. The van der Waals surface area contributed by atoms with Crippen molar-refractivity contribution in [2.24, 2.45) is 16.5 Å². The van der Waals surface area contributed by atoms with Gasteiger partial charge in [-0.15, -0.1) is 0 Å². The molecule has 0 bridgehead atoms. The van der Waals surface area contributed by atoms with Gasteiger partial charge in [-0.2, -0.15) is 4.99 Å². The van der Waals surface area contributed by atoms with E-state index >= 15 is 0 Å². The molecule has 3 aromatic carbocycles. The number of hydrogen-bond donors (Lipinski definition) is 2. The van der Waals surface area contributed by atoms with E-state index in [0.717, 1.165) is 27.6 Å². The van der Waals surface area contributed by atoms with Crippen LogP contribution in [0.2, 0.25) is 0 Å². The van der Waals surface area contributed by atoms with Crippen molar-refractivity contribution in [2.45, 2.75) is 13.8 Å². The number of aryl methyl sites for hydroxylation is 2. The van der Waals surface area contributed by atoms with Gasteiger partial charge in [-0.05, 0) is 59.7 Å². The van der Waals surface area contributed by atoms with Gasteiger partial charge < -0.3 is 11.5 Å². The summed E-state index contributed by atoms with van der Waals surface area (Å²) in [5.41, 5.74) is 17.9. The minimum absolute atomic E-state index is 0.00205. The third-order valence-electron chi connectivity index (χ3n) is 4.93. The number of nitrogens with two attached hydrogens (primary N) is 2. The molecule has 4 nitrogen and oxygen atoms in total. The number of aliphatic imine (C=N–C) groups is 1. The minimum Gasteiger partial charge on any atom is -0.370 e. The van der Waals surface area contributed by atoms with E-state index in [1.165, 1.54) is 16.7 Å². The lowest BCUT2D eigenvalue weighted by Crippen LogP contribution is -2.22. The van der Waals surface area contributed by atoms with Crippen molar-refractivity contribution in [1.82, 2.24) is 4.98 Å². The van der Waals surface area contributed by atoms with Crippen LogP contribution < -0.4 is 11.5 Å². The maximum atomic E-state index is 5.66. The number of hydrogen-bond acceptors (Lipinski definition) is 2. The second-order valence-corrected chi connectivity index (χ2v) is 6.97. The highest BCUT2D eigenvalue weighted by Crippen LogP contribution is 2.33. The van der Waals surface area contributed by atoms with Gasteiger partial charge >= 0.3 is 0 Å². The maximum Gasteiger partial charge on any atom is 0.192 e. The molecule has 4 aromatic rings. The number of pyridine rings is 1. The van der Waals surface area contributed by atoms with Crippen molar-refractivity contribution in [3.63, 3.8) is 0 Å². The lowest BCUT2D eigenvalue weighted by Gasteiger charge is -2.11. The van der Waals surface area contributed by atoms with Crippen LogP contribution in [0.4, 0.5) is 5.82 Å². The number of fused-ring (bicyclic) bond motifs is 1. The zero-order valence-corrected chi connectivity index (χ0v) is 16.0. The predicted molar refractivity (Wildman–Crippen MR) is 118 cm³/mol. The highest BCUT2D eigenvalue weighted by atomic mass is 15.0. The van der Waals surface area contributed by atoms with Crippen LogP contribution in [-0.2, 0) is 0 Å². The molecule has 0 spiro atoms. The summed E-state index contributed by atoms with van der Waals surface area (Å²) in [7, 11) is 0. The fourth-order valence-electron chi connectivity index (χ4n) is 3.35. The third-order valence-corrected chi connectivity index (χ3v) is 4.93. The van der Waals surface area contributed by atoms with Crippen LogP contribution in [0.1, 0.15) is 11.1 Å². The largest absolute Gasteiger partial charge is 0.370 e. The van der Waals surface area contributed by atoms with Crippen LogP contribution in [-0.4, -0.2) is 10.9 Å². The summed E-state index contributed by atoms with van der Waals surface area (Å²) in [6.07, 6.45) is 0. The highest BCUT2D eigenvalue weighted by molar-refractivity contribution is 5.96. The fraction of sp³-hybridized carbons (Fsp3) is 0.0833. The van der Waals surface area contributed by atoms with Crippen molar-refractivity contribution in [3.05, 3.63) is 83.9 Å². The van der Waals surface area contributed by atoms with Crippen LogP contribution in [0, 0.1) is 13.8 Å². The molecule has 28 heavy (non-hydrogen) atoms. The molecular weight excluding hydrogens is 344 g/mol. The van der Waals surface area contributed by atoms with E-state index < -0.39 is 0 Å². The summed E-state index contributed by atoms with van der Waals surface area (Å²) in [6.45, 7) is 4.18. The first-order valence-corrected chi connectivity index (χ1v) is 9.19. The van der Waals surface area contributed by atoms with Crippen molar-refractivity contribution in [2.75, 3.05) is 0 Å². The molecule has 0 radical (unpaired) electrons. The molecule has 0 amide bonds. The first-order valence-electron chi connectivity index (χ1n) is 9.19. The molecule has 0 atom stereocenters. The van der Waals surface area contributed by atoms with E-state index in [-0.39, 0.29) is 5.96 Å². The smallest absolute Gasteiger partial charge is 0.192 e. The van der Waals surface area contributed by atoms with Gasteiger partial charge in [0.15, 0.2) is 11.8 Å². The zero-order chi connectivity index (χ0) is 19.7. The molecule has 0 aliphatic rings. The molecule has 4 N–H and O–H groups in total. The maximum absolute atomic E-state index is 5.66. The van der Waals surface area contributed by atoms with Gasteiger partial charge in [0, 0.05) is 10.9 Å². The summed E-state index contributed by atoms with van der Waals surface area (Å²) in [5.74, 6) is 0.544. The Kier molecular flexibility index (Phi) is 4.53. The number of guanidine groups is 1. The third kappa shape index (κ3) is 3.45. The Bertz CT molecular complexity index is 1190. The molecule has 138 valence electrons. The van der Waals surface area contributed by atoms with Gasteiger partial charge in [-0.3, -0.25) is 0 Å². The van der Waals surface area contributed by atoms with Gasteiger partial charge in [0.2, 0.25) is 0 Å². The molecule has 1 aromatic heterocycles. The van der Waals surface area contributed by atoms with Gasteiger partial charge in [-0.1, -0.05) is 54.6 Å². The average molecular weight is 366 g/mol. The molecular formula is C24H22N4. The zero-order valence-electron chi connectivity index (χ0n) is 16.0. The Labute approximate surface area is 164 Å². The average Bonchev–Trinajstić information content (AvgIpc) is 2.69. The molecule has 4 rings (SSSR count). The van der Waals surface area contributed by atoms with Crippen LogP contribution in [0.15, 0.2) is 77.8 Å². The lowest BCUT2D eigenvalue weighted by atomic mass is 9.99. The van der Waals surface area contributed by atoms with E-state index in [0.29, 0.717) is 5.82 Å². The Balaban J connectivity index is 1.92. The molecule has 0 saturated heterocycles. The lowest BCUT2D eigenvalue weighted by molar-refractivity contribution is 1.27. The Morgan fingerprint density at radius 3 is 2.18 bits per heavy atom. The normalized spacial score (nSPS) is 10.8. The first-order chi connectivity index (χ1) is 13.5. The quantitative estimate of drug-likeness (QED) is 0.391. The van der Waals surface area contributed by atoms with Crippen molar-refractivity contribution < 1.29 is 0 Å². The minimum atomic E-state index is 0.00205. The molecule has 0 unspecified atom stereocenters. The number of benzene rings is 3. The standard InChI is InChI=1S/C24H22N4/c1-15-11-20-14-22(27-23(28-24(25)26)21(20)12-16(15)2)19-10-6-9-18(13-19)17-7-4-3-5-8-17/h3-14H,1-2H3,(H4,25,26,27,28). The van der Waals surface area contributed by atoms with E-state index in [2.05, 4.69) is 67.4 Å². The Hall–Kier alpha value is -3.66. The molecule has 4 heteroatoms. The second kappa shape index (κ2) is 7.16. The van der Waals surface area contributed by atoms with Crippen LogP contribution >= 0.6 is 0 Å². The van der Waals surface area contributed by atoms with Crippen molar-refractivity contribution in [1.29, 1.82) is 0 Å². The Morgan fingerprint density at radius 2 is 1.43 bits per heavy atom. The van der Waals surface area contributed by atoms with Gasteiger partial charge in [0.05, 0.1) is 5.69 Å². The van der Waals surface area contributed by atoms with E-state index in [4.69, 9.17) is 16.5 Å².